The molecular formula is C19H17N3O2. The summed E-state index contributed by atoms with van der Waals surface area (Å²) in [4.78, 5) is 23.4. The van der Waals surface area contributed by atoms with Crippen LogP contribution in [0.25, 0.3) is 11.1 Å². The van der Waals surface area contributed by atoms with Crippen LogP contribution in [0.4, 0.5) is 0 Å². The first-order chi connectivity index (χ1) is 11.8. The number of furan rings is 1. The Morgan fingerprint density at radius 2 is 2.12 bits per heavy atom. The van der Waals surface area contributed by atoms with Gasteiger partial charge in [0.05, 0.1) is 6.04 Å². The zero-order valence-electron chi connectivity index (χ0n) is 13.2. The van der Waals surface area contributed by atoms with Crippen LogP contribution in [0.1, 0.15) is 41.4 Å². The molecule has 24 heavy (non-hydrogen) atoms. The molecule has 1 unspecified atom stereocenters. The summed E-state index contributed by atoms with van der Waals surface area (Å²) < 4.78 is 5.72. The molecule has 120 valence electrons. The smallest absolute Gasteiger partial charge is 0.290 e. The minimum Gasteiger partial charge on any atom is -0.449 e. The van der Waals surface area contributed by atoms with E-state index in [1.165, 1.54) is 19.3 Å². The molecule has 0 aromatic carbocycles. The number of amides is 1. The highest BCUT2D eigenvalue weighted by atomic mass is 16.3. The van der Waals surface area contributed by atoms with Crippen molar-refractivity contribution in [1.29, 1.82) is 0 Å². The molecule has 2 fully saturated rings. The SMILES string of the molecule is O=C(c1cc2ncccc2o1)N1CC2(CCC2)C1c1cccnc1. The Hall–Kier alpha value is -2.69. The van der Waals surface area contributed by atoms with E-state index < -0.39 is 0 Å². The third kappa shape index (κ3) is 1.84. The average Bonchev–Trinajstić information content (AvgIpc) is 2.97. The van der Waals surface area contributed by atoms with Gasteiger partial charge in [-0.15, -0.1) is 0 Å². The van der Waals surface area contributed by atoms with Crippen molar-refractivity contribution in [3.8, 4) is 0 Å². The molecule has 1 spiro atoms. The fourth-order valence-corrected chi connectivity index (χ4v) is 4.17. The van der Waals surface area contributed by atoms with Crippen LogP contribution in [0.2, 0.25) is 0 Å². The van der Waals surface area contributed by atoms with Crippen LogP contribution < -0.4 is 0 Å². The Kier molecular flexibility index (Phi) is 2.80. The minimum absolute atomic E-state index is 0.0561. The zero-order valence-corrected chi connectivity index (χ0v) is 13.2. The second-order valence-electron chi connectivity index (χ2n) is 6.84. The Morgan fingerprint density at radius 3 is 2.83 bits per heavy atom. The van der Waals surface area contributed by atoms with Crippen molar-refractivity contribution in [3.05, 3.63) is 60.2 Å². The van der Waals surface area contributed by atoms with Crippen LogP contribution in [-0.2, 0) is 0 Å². The van der Waals surface area contributed by atoms with E-state index in [0.717, 1.165) is 17.6 Å². The van der Waals surface area contributed by atoms with E-state index in [4.69, 9.17) is 4.42 Å². The van der Waals surface area contributed by atoms with E-state index in [0.29, 0.717) is 11.3 Å². The van der Waals surface area contributed by atoms with Crippen molar-refractivity contribution in [2.75, 3.05) is 6.54 Å². The fourth-order valence-electron chi connectivity index (χ4n) is 4.17. The van der Waals surface area contributed by atoms with E-state index in [-0.39, 0.29) is 17.4 Å². The quantitative estimate of drug-likeness (QED) is 0.724. The van der Waals surface area contributed by atoms with E-state index in [1.807, 2.05) is 29.3 Å². The summed E-state index contributed by atoms with van der Waals surface area (Å²) in [6, 6.07) is 9.50. The molecule has 4 heterocycles. The van der Waals surface area contributed by atoms with Crippen LogP contribution in [0, 0.1) is 5.41 Å². The van der Waals surface area contributed by atoms with Gasteiger partial charge < -0.3 is 9.32 Å². The Bertz CT molecular complexity index is 882. The van der Waals surface area contributed by atoms with Crippen LogP contribution in [0.3, 0.4) is 0 Å². The summed E-state index contributed by atoms with van der Waals surface area (Å²) in [7, 11) is 0. The summed E-state index contributed by atoms with van der Waals surface area (Å²) in [6.07, 6.45) is 8.96. The highest BCUT2D eigenvalue weighted by Crippen LogP contribution is 2.60. The van der Waals surface area contributed by atoms with E-state index >= 15 is 0 Å². The molecule has 3 aromatic rings. The third-order valence-electron chi connectivity index (χ3n) is 5.49. The molecule has 5 heteroatoms. The number of rotatable bonds is 2. The van der Waals surface area contributed by atoms with Crippen molar-refractivity contribution < 1.29 is 9.21 Å². The molecule has 0 N–H and O–H groups in total. The number of aromatic nitrogens is 2. The van der Waals surface area contributed by atoms with Gasteiger partial charge in [0.2, 0.25) is 0 Å². The number of carbonyl (C=O) groups excluding carboxylic acids is 1. The number of carbonyl (C=O) groups is 1. The zero-order chi connectivity index (χ0) is 16.1. The average molecular weight is 319 g/mol. The largest absolute Gasteiger partial charge is 0.449 e. The molecule has 3 aromatic heterocycles. The standard InChI is InChI=1S/C19H17N3O2/c23-18(16-10-14-15(24-16)5-2-9-21-14)22-12-19(6-3-7-19)17(22)13-4-1-8-20-11-13/h1-2,4-5,8-11,17H,3,6-7,12H2. The van der Waals surface area contributed by atoms with Gasteiger partial charge in [0.15, 0.2) is 11.3 Å². The van der Waals surface area contributed by atoms with Crippen molar-refractivity contribution in [2.24, 2.45) is 5.41 Å². The monoisotopic (exact) mass is 319 g/mol. The fraction of sp³-hybridized carbons (Fsp3) is 0.316. The Balaban J connectivity index is 1.50. The van der Waals surface area contributed by atoms with Crippen molar-refractivity contribution >= 4 is 17.0 Å². The second-order valence-corrected chi connectivity index (χ2v) is 6.84. The highest BCUT2D eigenvalue weighted by Gasteiger charge is 2.58. The number of hydrogen-bond donors (Lipinski definition) is 0. The summed E-state index contributed by atoms with van der Waals surface area (Å²) in [6.45, 7) is 0.801. The first-order valence-electron chi connectivity index (χ1n) is 8.32. The first-order valence-corrected chi connectivity index (χ1v) is 8.32. The summed E-state index contributed by atoms with van der Waals surface area (Å²) in [5.41, 5.74) is 2.73. The molecule has 5 rings (SSSR count). The van der Waals surface area contributed by atoms with Gasteiger partial charge in [0.1, 0.15) is 5.52 Å². The van der Waals surface area contributed by atoms with E-state index in [1.54, 1.807) is 18.5 Å². The molecule has 1 aliphatic carbocycles. The van der Waals surface area contributed by atoms with Gasteiger partial charge >= 0.3 is 0 Å². The minimum atomic E-state index is -0.0561. The van der Waals surface area contributed by atoms with Crippen molar-refractivity contribution in [2.45, 2.75) is 25.3 Å². The summed E-state index contributed by atoms with van der Waals surface area (Å²) >= 11 is 0. The molecule has 1 atom stereocenters. The van der Waals surface area contributed by atoms with Gasteiger partial charge in [-0.1, -0.05) is 12.5 Å². The van der Waals surface area contributed by atoms with E-state index in [2.05, 4.69) is 16.0 Å². The van der Waals surface area contributed by atoms with Gasteiger partial charge in [0.25, 0.3) is 5.91 Å². The molecule has 1 saturated heterocycles. The Morgan fingerprint density at radius 1 is 1.25 bits per heavy atom. The summed E-state index contributed by atoms with van der Waals surface area (Å²) in [5, 5.41) is 0. The molecule has 1 saturated carbocycles. The lowest BCUT2D eigenvalue weighted by molar-refractivity contribution is -0.106. The molecule has 0 radical (unpaired) electrons. The maximum absolute atomic E-state index is 13.0. The molecule has 1 amide bonds. The molecule has 2 aliphatic rings. The molecule has 5 nitrogen and oxygen atoms in total. The molecule has 0 bridgehead atoms. The van der Waals surface area contributed by atoms with Gasteiger partial charge in [-0.3, -0.25) is 14.8 Å². The first kappa shape index (κ1) is 13.7. The van der Waals surface area contributed by atoms with Crippen molar-refractivity contribution in [3.63, 3.8) is 0 Å². The van der Waals surface area contributed by atoms with Gasteiger partial charge in [0, 0.05) is 36.6 Å². The summed E-state index contributed by atoms with van der Waals surface area (Å²) in [5.74, 6) is 0.311. The predicted molar refractivity (Wildman–Crippen MR) is 88.3 cm³/mol. The number of nitrogens with zero attached hydrogens (tertiary/aromatic N) is 3. The lowest BCUT2D eigenvalue weighted by Crippen LogP contribution is -2.63. The molecular weight excluding hydrogens is 302 g/mol. The lowest BCUT2D eigenvalue weighted by atomic mass is 9.56. The topological polar surface area (TPSA) is 59.2 Å². The van der Waals surface area contributed by atoms with Gasteiger partial charge in [-0.05, 0) is 36.6 Å². The number of hydrogen-bond acceptors (Lipinski definition) is 4. The van der Waals surface area contributed by atoms with Crippen LogP contribution >= 0.6 is 0 Å². The maximum atomic E-state index is 13.0. The Labute approximate surface area is 139 Å². The number of fused-ring (bicyclic) bond motifs is 1. The van der Waals surface area contributed by atoms with Crippen LogP contribution in [0.15, 0.2) is 53.3 Å². The highest BCUT2D eigenvalue weighted by molar-refractivity contribution is 5.96. The second kappa shape index (κ2) is 4.90. The van der Waals surface area contributed by atoms with E-state index in [9.17, 15) is 4.79 Å². The van der Waals surface area contributed by atoms with Crippen LogP contribution in [0.5, 0.6) is 0 Å². The van der Waals surface area contributed by atoms with Crippen LogP contribution in [-0.4, -0.2) is 27.3 Å². The maximum Gasteiger partial charge on any atom is 0.290 e. The number of pyridine rings is 2. The predicted octanol–water partition coefficient (Wildman–Crippen LogP) is 3.59. The normalized spacial score (nSPS) is 21.5. The van der Waals surface area contributed by atoms with Gasteiger partial charge in [-0.2, -0.15) is 0 Å². The number of likely N-dealkylation sites (tertiary alicyclic amines) is 1. The van der Waals surface area contributed by atoms with Gasteiger partial charge in [-0.25, -0.2) is 0 Å². The third-order valence-corrected chi connectivity index (χ3v) is 5.49. The van der Waals surface area contributed by atoms with Crippen molar-refractivity contribution in [1.82, 2.24) is 14.9 Å². The lowest BCUT2D eigenvalue weighted by Gasteiger charge is -2.62. The molecule has 1 aliphatic heterocycles.